The van der Waals surface area contributed by atoms with Gasteiger partial charge >= 0.3 is 30.8 Å². The maximum absolute atomic E-state index is 12.7. The van der Waals surface area contributed by atoms with Crippen LogP contribution in [0.3, 0.4) is 0 Å². The van der Waals surface area contributed by atoms with Crippen molar-refractivity contribution in [1.82, 2.24) is 10.6 Å². The molecule has 322 valence electrons. The molecule has 2 unspecified atom stereocenters. The summed E-state index contributed by atoms with van der Waals surface area (Å²) in [5.74, 6) is -3.34. The number of esters is 3. The van der Waals surface area contributed by atoms with E-state index >= 15 is 0 Å². The summed E-state index contributed by atoms with van der Waals surface area (Å²) in [7, 11) is 7.47. The van der Waals surface area contributed by atoms with Crippen molar-refractivity contribution in [2.45, 2.75) is 115 Å². The van der Waals surface area contributed by atoms with Crippen LogP contribution < -0.4 is 10.6 Å². The van der Waals surface area contributed by atoms with Crippen LogP contribution in [0.15, 0.2) is 30.3 Å². The highest BCUT2D eigenvalue weighted by atomic mass is 32.5. The quantitative estimate of drug-likeness (QED) is 0.0496. The third kappa shape index (κ3) is 16.9. The molecule has 0 aromatic heterocycles. The molecule has 19 nitrogen and oxygen atoms in total. The van der Waals surface area contributed by atoms with Crippen molar-refractivity contribution < 1.29 is 80.6 Å². The Bertz CT molecular complexity index is 1580. The molecule has 2 amide bonds. The zero-order chi connectivity index (χ0) is 42.8. The molecule has 0 spiro atoms. The number of nitrogens with one attached hydrogen (secondary N) is 2. The van der Waals surface area contributed by atoms with Gasteiger partial charge in [-0.2, -0.15) is 0 Å². The Hall–Kier alpha value is -3.69. The number of hydrogen-bond acceptors (Lipinski definition) is 17. The van der Waals surface area contributed by atoms with Gasteiger partial charge in [-0.05, 0) is 43.1 Å². The molecule has 2 aliphatic rings. The van der Waals surface area contributed by atoms with E-state index in [9.17, 15) is 33.7 Å². The first-order chi connectivity index (χ1) is 27.5. The summed E-state index contributed by atoms with van der Waals surface area (Å²) in [6.45, 7) is 0.689. The maximum atomic E-state index is 12.7. The fraction of sp³-hybridized carbons (Fsp3) is 0.667. The third-order valence-corrected chi connectivity index (χ3v) is 10.5. The summed E-state index contributed by atoms with van der Waals surface area (Å²) in [5, 5.41) is 5.46. The van der Waals surface area contributed by atoms with Gasteiger partial charge in [-0.3, -0.25) is 24.0 Å². The predicted octanol–water partition coefficient (Wildman–Crippen LogP) is 1.84. The first-order valence-electron chi connectivity index (χ1n) is 18.6. The average Bonchev–Trinajstić information content (AvgIpc) is 3.44. The molecule has 2 fully saturated rings. The van der Waals surface area contributed by atoms with E-state index in [-0.39, 0.29) is 45.3 Å². The van der Waals surface area contributed by atoms with E-state index in [2.05, 4.69) is 10.6 Å². The Morgan fingerprint density at radius 1 is 0.845 bits per heavy atom. The number of ether oxygens (including phenoxy) is 8. The molecule has 58 heavy (non-hydrogen) atoms. The van der Waals surface area contributed by atoms with E-state index in [1.807, 2.05) is 18.2 Å². The van der Waals surface area contributed by atoms with Gasteiger partial charge in [0.15, 0.2) is 18.5 Å². The molecule has 3 rings (SSSR count). The average molecular weight is 859 g/mol. The van der Waals surface area contributed by atoms with E-state index in [1.54, 1.807) is 12.1 Å². The van der Waals surface area contributed by atoms with Crippen molar-refractivity contribution in [3.05, 3.63) is 35.9 Å². The molecule has 0 saturated carbocycles. The van der Waals surface area contributed by atoms with Crippen molar-refractivity contribution in [3.63, 3.8) is 0 Å². The van der Waals surface area contributed by atoms with Crippen molar-refractivity contribution in [3.8, 4) is 0 Å². The van der Waals surface area contributed by atoms with Crippen LogP contribution in [0.2, 0.25) is 0 Å². The Balaban J connectivity index is 1.48. The molecule has 3 N–H and O–H groups in total. The van der Waals surface area contributed by atoms with Gasteiger partial charge in [-0.1, -0.05) is 30.3 Å². The van der Waals surface area contributed by atoms with E-state index in [0.29, 0.717) is 25.7 Å². The lowest BCUT2D eigenvalue weighted by Gasteiger charge is -2.44. The lowest BCUT2D eigenvalue weighted by atomic mass is 9.82. The van der Waals surface area contributed by atoms with Gasteiger partial charge in [0, 0.05) is 66.3 Å². The topological polar surface area (TPSA) is 239 Å². The van der Waals surface area contributed by atoms with E-state index in [0.717, 1.165) is 19.4 Å². The first kappa shape index (κ1) is 48.7. The summed E-state index contributed by atoms with van der Waals surface area (Å²) in [6.07, 6.45) is -5.79. The van der Waals surface area contributed by atoms with Crippen LogP contribution in [-0.2, 0) is 89.3 Å². The molecule has 2 saturated heterocycles. The minimum atomic E-state index is -3.68. The van der Waals surface area contributed by atoms with Crippen LogP contribution in [0.25, 0.3) is 0 Å². The summed E-state index contributed by atoms with van der Waals surface area (Å²) in [4.78, 5) is 83.0. The normalized spacial score (nSPS) is 26.3. The number of amides is 2. The fourth-order valence-corrected chi connectivity index (χ4v) is 7.21. The van der Waals surface area contributed by atoms with Gasteiger partial charge in [-0.25, -0.2) is 4.79 Å². The van der Waals surface area contributed by atoms with E-state index in [1.165, 1.54) is 21.0 Å². The van der Waals surface area contributed by atoms with Crippen molar-refractivity contribution in [1.29, 1.82) is 0 Å². The third-order valence-electron chi connectivity index (χ3n) is 8.78. The smallest absolute Gasteiger partial charge is 0.463 e. The van der Waals surface area contributed by atoms with E-state index in [4.69, 9.17) is 66.6 Å². The number of hydrogen-bond donors (Lipinski definition) is 3. The number of benzene rings is 1. The van der Waals surface area contributed by atoms with Crippen molar-refractivity contribution in [2.24, 2.45) is 5.92 Å². The lowest BCUT2D eigenvalue weighted by Crippen LogP contribution is -2.66. The largest absolute Gasteiger partial charge is 0.508 e. The lowest BCUT2D eigenvalue weighted by molar-refractivity contribution is -0.277. The summed E-state index contributed by atoms with van der Waals surface area (Å²) in [5.41, 5.74) is 0.771. The highest BCUT2D eigenvalue weighted by molar-refractivity contribution is 8.07. The summed E-state index contributed by atoms with van der Waals surface area (Å²) in [6, 6.07) is 7.06. The number of carbonyl (C=O) groups excluding carboxylic acids is 6. The molecule has 0 bridgehead atoms. The standard InChI is InChI=1S/C36H52BN2O17PS/c1-21(40)39-30-33(53-24(4)43)32(52-23(3)42)28(19-49-22(2)41)55-35(30)48-17-10-9-15-29(44)38-16-11-14-26-31(56-57(46,58)47-5)27(54-34(26)37)20-51-36(45)50-18-25-12-7-6-8-13-25/h6-8,12-13,26-28,30-35H,9-11,14-20H2,1-5H3,(H,38,44)(H,39,40)(H,46,58)/t26?,27-,28-,30-,31-,32+,33-,34-,35-,57?/m1/s1. The zero-order valence-corrected chi connectivity index (χ0v) is 34.8. The highest BCUT2D eigenvalue weighted by Crippen LogP contribution is 2.48. The second-order valence-electron chi connectivity index (χ2n) is 13.4. The Morgan fingerprint density at radius 3 is 2.14 bits per heavy atom. The second kappa shape index (κ2) is 24.4. The maximum Gasteiger partial charge on any atom is 0.508 e. The molecule has 2 heterocycles. The van der Waals surface area contributed by atoms with Crippen LogP contribution in [0.1, 0.15) is 65.4 Å². The minimum Gasteiger partial charge on any atom is -0.463 e. The van der Waals surface area contributed by atoms with Crippen molar-refractivity contribution in [2.75, 3.05) is 33.5 Å². The first-order valence-corrected chi connectivity index (χ1v) is 21.2. The Labute approximate surface area is 343 Å². The molecule has 1 aromatic carbocycles. The van der Waals surface area contributed by atoms with Crippen LogP contribution >= 0.6 is 6.72 Å². The monoisotopic (exact) mass is 858 g/mol. The Morgan fingerprint density at radius 2 is 1.50 bits per heavy atom. The molecular formula is C36H52BN2O17PS. The van der Waals surface area contributed by atoms with E-state index < -0.39 is 91.5 Å². The highest BCUT2D eigenvalue weighted by Gasteiger charge is 2.51. The van der Waals surface area contributed by atoms with Gasteiger partial charge in [0.05, 0.1) is 0 Å². The summed E-state index contributed by atoms with van der Waals surface area (Å²) >= 11 is 5.06. The number of rotatable bonds is 22. The summed E-state index contributed by atoms with van der Waals surface area (Å²) < 4.78 is 54.7. The van der Waals surface area contributed by atoms with Gasteiger partial charge in [0.2, 0.25) is 11.8 Å². The SMILES string of the molecule is [B][C@@H]1O[C@H](COC(=O)OCc2ccccc2)[C@H](OP(O)(=S)OC)C1CCCNC(=O)CCCCO[C@@H]1O[C@H](COC(C)=O)[C@H](OC(C)=O)[C@H](OC(C)=O)[C@H]1NC(C)=O. The second-order valence-corrected chi connectivity index (χ2v) is 16.3. The van der Waals surface area contributed by atoms with Gasteiger partial charge in [0.1, 0.15) is 52.0 Å². The van der Waals surface area contributed by atoms with Gasteiger partial charge in [-0.15, -0.1) is 0 Å². The van der Waals surface area contributed by atoms with Crippen LogP contribution in [-0.4, -0.2) is 131 Å². The molecular weight excluding hydrogens is 806 g/mol. The zero-order valence-electron chi connectivity index (χ0n) is 33.1. The number of carbonyl (C=O) groups is 6. The molecule has 10 atom stereocenters. The van der Waals surface area contributed by atoms with Crippen molar-refractivity contribution >= 4 is 62.2 Å². The van der Waals surface area contributed by atoms with Gasteiger partial charge < -0.3 is 62.5 Å². The number of unbranched alkanes of at least 4 members (excludes halogenated alkanes) is 1. The molecule has 0 aliphatic carbocycles. The Kier molecular flexibility index (Phi) is 20.5. The van der Waals surface area contributed by atoms with Gasteiger partial charge in [0.25, 0.3) is 0 Å². The molecule has 1 aromatic rings. The molecule has 22 heteroatoms. The fourth-order valence-electron chi connectivity index (χ4n) is 6.23. The minimum absolute atomic E-state index is 0.00419. The van der Waals surface area contributed by atoms with Crippen LogP contribution in [0, 0.1) is 5.92 Å². The molecule has 2 aliphatic heterocycles. The van der Waals surface area contributed by atoms with Crippen LogP contribution in [0.5, 0.6) is 0 Å². The molecule has 2 radical (unpaired) electrons. The predicted molar refractivity (Wildman–Crippen MR) is 205 cm³/mol. The van der Waals surface area contributed by atoms with Crippen LogP contribution in [0.4, 0.5) is 4.79 Å².